The molecule has 0 spiro atoms. The number of alkyl halides is 1. The van der Waals surface area contributed by atoms with Gasteiger partial charge in [-0.05, 0) is 19.3 Å². The highest BCUT2D eigenvalue weighted by Crippen LogP contribution is 2.08. The minimum atomic E-state index is -0.214. The maximum Gasteiger partial charge on any atom is 0.156 e. The van der Waals surface area contributed by atoms with E-state index in [9.17, 15) is 0 Å². The van der Waals surface area contributed by atoms with Crippen molar-refractivity contribution in [3.05, 3.63) is 0 Å². The second-order valence-corrected chi connectivity index (χ2v) is 3.26. The summed E-state index contributed by atoms with van der Waals surface area (Å²) in [6.45, 7) is 0. The Morgan fingerprint density at radius 2 is 1.67 bits per heavy atom. The van der Waals surface area contributed by atoms with Gasteiger partial charge in [-0.15, -0.1) is 11.6 Å². The summed E-state index contributed by atoms with van der Waals surface area (Å²) >= 11 is 5.58. The molecule has 0 aromatic heterocycles. The van der Waals surface area contributed by atoms with Crippen molar-refractivity contribution in [3.8, 4) is 0 Å². The summed E-state index contributed by atoms with van der Waals surface area (Å²) in [5, 5.41) is 0. The molecule has 0 saturated carbocycles. The third-order valence-electron chi connectivity index (χ3n) is 1.70. The minimum absolute atomic E-state index is 0.0865. The zero-order valence-electron chi connectivity index (χ0n) is 7.75. The molecule has 0 heterocycles. The first-order valence-electron chi connectivity index (χ1n) is 4.16. The Hall–Kier alpha value is 0.170. The Bertz CT molecular complexity index is 97.1. The van der Waals surface area contributed by atoms with Crippen LogP contribution in [0.2, 0.25) is 0 Å². The second-order valence-electron chi connectivity index (χ2n) is 2.70. The molecule has 74 valence electrons. The van der Waals surface area contributed by atoms with Gasteiger partial charge in [-0.3, -0.25) is 0 Å². The molecule has 4 heteroatoms. The van der Waals surface area contributed by atoms with Crippen molar-refractivity contribution in [3.63, 3.8) is 0 Å². The van der Waals surface area contributed by atoms with Crippen molar-refractivity contribution in [2.45, 2.75) is 37.5 Å². The van der Waals surface area contributed by atoms with Gasteiger partial charge >= 0.3 is 0 Å². The van der Waals surface area contributed by atoms with E-state index in [4.69, 9.17) is 26.8 Å². The highest BCUT2D eigenvalue weighted by Gasteiger charge is 2.04. The van der Waals surface area contributed by atoms with Gasteiger partial charge in [0.15, 0.2) is 6.29 Å². The molecule has 0 aromatic rings. The van der Waals surface area contributed by atoms with E-state index in [-0.39, 0.29) is 11.8 Å². The van der Waals surface area contributed by atoms with Crippen molar-refractivity contribution in [2.75, 3.05) is 14.2 Å². The number of hydrogen-bond acceptors (Lipinski definition) is 3. The topological polar surface area (TPSA) is 44.5 Å². The average Bonchev–Trinajstić information content (AvgIpc) is 2.04. The number of ether oxygens (including phenoxy) is 2. The molecule has 0 rings (SSSR count). The van der Waals surface area contributed by atoms with Gasteiger partial charge in [0.05, 0.1) is 5.50 Å². The van der Waals surface area contributed by atoms with Crippen molar-refractivity contribution < 1.29 is 9.47 Å². The lowest BCUT2D eigenvalue weighted by Gasteiger charge is -2.12. The molecule has 2 N–H and O–H groups in total. The van der Waals surface area contributed by atoms with Crippen LogP contribution in [0.4, 0.5) is 0 Å². The number of halogens is 1. The Morgan fingerprint density at radius 1 is 1.17 bits per heavy atom. The zero-order chi connectivity index (χ0) is 9.40. The smallest absolute Gasteiger partial charge is 0.156 e. The van der Waals surface area contributed by atoms with E-state index >= 15 is 0 Å². The van der Waals surface area contributed by atoms with Gasteiger partial charge in [0.1, 0.15) is 0 Å². The molecule has 1 unspecified atom stereocenters. The number of nitrogens with two attached hydrogens (primary N) is 1. The number of methoxy groups -OCH3 is 2. The van der Waals surface area contributed by atoms with Gasteiger partial charge in [-0.1, -0.05) is 6.42 Å². The predicted octanol–water partition coefficient (Wildman–Crippen LogP) is 1.69. The van der Waals surface area contributed by atoms with Crippen molar-refractivity contribution >= 4 is 11.6 Å². The van der Waals surface area contributed by atoms with Crippen LogP contribution in [0.5, 0.6) is 0 Å². The molecule has 3 nitrogen and oxygen atoms in total. The van der Waals surface area contributed by atoms with E-state index in [1.165, 1.54) is 0 Å². The third-order valence-corrected chi connectivity index (χ3v) is 1.91. The van der Waals surface area contributed by atoms with Crippen LogP contribution in [0.15, 0.2) is 0 Å². The maximum atomic E-state index is 5.58. The van der Waals surface area contributed by atoms with Gasteiger partial charge < -0.3 is 15.2 Å². The van der Waals surface area contributed by atoms with Gasteiger partial charge in [0, 0.05) is 14.2 Å². The lowest BCUT2D eigenvalue weighted by atomic mass is 10.2. The number of rotatable bonds is 7. The van der Waals surface area contributed by atoms with Gasteiger partial charge in [0.2, 0.25) is 0 Å². The van der Waals surface area contributed by atoms with Crippen molar-refractivity contribution in [1.82, 2.24) is 0 Å². The Kier molecular flexibility index (Phi) is 7.91. The fourth-order valence-electron chi connectivity index (χ4n) is 0.982. The molecule has 0 aliphatic rings. The lowest BCUT2D eigenvalue weighted by Crippen LogP contribution is -2.14. The third kappa shape index (κ3) is 6.85. The largest absolute Gasteiger partial charge is 0.356 e. The quantitative estimate of drug-likeness (QED) is 0.291. The summed E-state index contributed by atoms with van der Waals surface area (Å²) in [6, 6.07) is 0. The van der Waals surface area contributed by atoms with Crippen molar-refractivity contribution in [1.29, 1.82) is 0 Å². The summed E-state index contributed by atoms with van der Waals surface area (Å²) in [5.41, 5.74) is 5.16. The second kappa shape index (κ2) is 7.80. The summed E-state index contributed by atoms with van der Waals surface area (Å²) < 4.78 is 10.0. The summed E-state index contributed by atoms with van der Waals surface area (Å²) in [5.74, 6) is 0. The van der Waals surface area contributed by atoms with Crippen LogP contribution in [0.1, 0.15) is 25.7 Å². The van der Waals surface area contributed by atoms with Crippen LogP contribution in [0.25, 0.3) is 0 Å². The summed E-state index contributed by atoms with van der Waals surface area (Å²) in [7, 11) is 3.28. The fourth-order valence-corrected chi connectivity index (χ4v) is 1.14. The van der Waals surface area contributed by atoms with Gasteiger partial charge in [0.25, 0.3) is 0 Å². The van der Waals surface area contributed by atoms with Gasteiger partial charge in [-0.2, -0.15) is 0 Å². The maximum absolute atomic E-state index is 5.58. The molecule has 12 heavy (non-hydrogen) atoms. The lowest BCUT2D eigenvalue weighted by molar-refractivity contribution is -0.107. The van der Waals surface area contributed by atoms with Crippen LogP contribution in [0, 0.1) is 0 Å². The number of unbranched alkanes of at least 4 members (excludes halogenated alkanes) is 1. The molecule has 0 amide bonds. The molecule has 0 aromatic carbocycles. The molecular weight excluding hydrogens is 178 g/mol. The normalized spacial score (nSPS) is 13.8. The van der Waals surface area contributed by atoms with E-state index in [1.807, 2.05) is 0 Å². The van der Waals surface area contributed by atoms with Crippen molar-refractivity contribution in [2.24, 2.45) is 5.73 Å². The molecule has 0 bridgehead atoms. The van der Waals surface area contributed by atoms with Crippen LogP contribution in [0.3, 0.4) is 0 Å². The first-order valence-corrected chi connectivity index (χ1v) is 4.59. The fraction of sp³-hybridized carbons (Fsp3) is 1.00. The van der Waals surface area contributed by atoms with Gasteiger partial charge in [-0.25, -0.2) is 0 Å². The van der Waals surface area contributed by atoms with E-state index < -0.39 is 0 Å². The monoisotopic (exact) mass is 195 g/mol. The minimum Gasteiger partial charge on any atom is -0.356 e. The molecule has 0 aliphatic carbocycles. The van der Waals surface area contributed by atoms with E-state index in [0.29, 0.717) is 0 Å². The van der Waals surface area contributed by atoms with Crippen LogP contribution in [-0.2, 0) is 9.47 Å². The average molecular weight is 196 g/mol. The van der Waals surface area contributed by atoms with E-state index in [0.717, 1.165) is 25.7 Å². The standard InChI is InChI=1S/C8H18ClNO2/c1-11-8(12-2)6-4-3-5-7(9)10/h7-8H,3-6,10H2,1-2H3. The molecule has 0 radical (unpaired) electrons. The van der Waals surface area contributed by atoms with Crippen LogP contribution < -0.4 is 5.73 Å². The highest BCUT2D eigenvalue weighted by molar-refractivity contribution is 6.20. The molecule has 1 atom stereocenters. The number of hydrogen-bond donors (Lipinski definition) is 1. The Balaban J connectivity index is 3.17. The van der Waals surface area contributed by atoms with E-state index in [1.54, 1.807) is 14.2 Å². The zero-order valence-corrected chi connectivity index (χ0v) is 8.51. The first-order chi connectivity index (χ1) is 5.70. The summed E-state index contributed by atoms with van der Waals surface area (Å²) in [6.07, 6.45) is 3.72. The SMILES string of the molecule is COC(CCCCC(N)Cl)OC. The molecular formula is C8H18ClNO2. The summed E-state index contributed by atoms with van der Waals surface area (Å²) in [4.78, 5) is 0. The Morgan fingerprint density at radius 3 is 2.08 bits per heavy atom. The van der Waals surface area contributed by atoms with Crippen LogP contribution >= 0.6 is 11.6 Å². The highest BCUT2D eigenvalue weighted by atomic mass is 35.5. The van der Waals surface area contributed by atoms with E-state index in [2.05, 4.69) is 0 Å². The molecule has 0 aliphatic heterocycles. The predicted molar refractivity (Wildman–Crippen MR) is 50.1 cm³/mol. The van der Waals surface area contributed by atoms with Crippen LogP contribution in [-0.4, -0.2) is 26.0 Å². The molecule has 0 fully saturated rings. The Labute approximate surface area is 79.2 Å². The molecule has 0 saturated heterocycles. The first kappa shape index (κ1) is 12.2.